The van der Waals surface area contributed by atoms with Gasteiger partial charge in [-0.25, -0.2) is 12.7 Å². The molecule has 0 aliphatic carbocycles. The summed E-state index contributed by atoms with van der Waals surface area (Å²) in [6.07, 6.45) is 3.45. The third-order valence-electron chi connectivity index (χ3n) is 4.26. The summed E-state index contributed by atoms with van der Waals surface area (Å²) in [5.41, 5.74) is 0.764. The van der Waals surface area contributed by atoms with Gasteiger partial charge in [0, 0.05) is 30.4 Å². The summed E-state index contributed by atoms with van der Waals surface area (Å²) < 4.78 is 24.3. The van der Waals surface area contributed by atoms with Crippen LogP contribution in [0.15, 0.2) is 29.2 Å². The van der Waals surface area contributed by atoms with Crippen LogP contribution in [0.25, 0.3) is 0 Å². The Hall–Kier alpha value is -1.09. The maximum atomic E-state index is 12.2. The molecule has 1 aromatic carbocycles. The molecule has 1 heterocycles. The molecule has 1 fully saturated rings. The van der Waals surface area contributed by atoms with Crippen molar-refractivity contribution in [2.45, 2.75) is 23.8 Å². The Morgan fingerprint density at radius 1 is 1.33 bits per heavy atom. The van der Waals surface area contributed by atoms with Gasteiger partial charge in [0.2, 0.25) is 15.9 Å². The van der Waals surface area contributed by atoms with Gasteiger partial charge in [0.25, 0.3) is 0 Å². The first-order valence-electron chi connectivity index (χ1n) is 7.86. The Kier molecular flexibility index (Phi) is 6.68. The van der Waals surface area contributed by atoms with E-state index >= 15 is 0 Å². The highest BCUT2D eigenvalue weighted by Crippen LogP contribution is 2.21. The van der Waals surface area contributed by atoms with Crippen LogP contribution in [-0.4, -0.2) is 55.9 Å². The number of carbonyl (C=O) groups excluding carboxylic acids is 1. The number of thioether (sulfide) groups is 1. The molecule has 0 aromatic heterocycles. The molecule has 0 bridgehead atoms. The van der Waals surface area contributed by atoms with E-state index in [1.54, 1.807) is 11.8 Å². The molecule has 1 aliphatic rings. The van der Waals surface area contributed by atoms with Crippen molar-refractivity contribution in [3.8, 4) is 0 Å². The smallest absolute Gasteiger partial charge is 0.223 e. The molecule has 0 radical (unpaired) electrons. The van der Waals surface area contributed by atoms with E-state index in [4.69, 9.17) is 0 Å². The van der Waals surface area contributed by atoms with Gasteiger partial charge in [-0.15, -0.1) is 11.8 Å². The molecule has 1 saturated heterocycles. The topological polar surface area (TPSA) is 86.7 Å². The van der Waals surface area contributed by atoms with Crippen LogP contribution in [0.4, 0.5) is 0 Å². The number of carbonyl (C=O) groups is 1. The number of nitrogens with one attached hydrogen (secondary N) is 1. The van der Waals surface area contributed by atoms with E-state index < -0.39 is 16.1 Å². The number of benzene rings is 1. The maximum Gasteiger partial charge on any atom is 0.223 e. The van der Waals surface area contributed by atoms with Crippen molar-refractivity contribution < 1.29 is 18.3 Å². The number of aliphatic hydroxyl groups is 1. The minimum absolute atomic E-state index is 0.122. The lowest BCUT2D eigenvalue weighted by atomic mass is 9.97. The predicted molar refractivity (Wildman–Crippen MR) is 95.3 cm³/mol. The molecule has 2 rings (SSSR count). The second kappa shape index (κ2) is 8.33. The van der Waals surface area contributed by atoms with Gasteiger partial charge in [0.1, 0.15) is 0 Å². The third-order valence-corrected chi connectivity index (χ3v) is 6.31. The molecule has 0 saturated carbocycles. The van der Waals surface area contributed by atoms with Crippen molar-refractivity contribution in [2.24, 2.45) is 5.92 Å². The summed E-state index contributed by atoms with van der Waals surface area (Å²) in [6, 6.07) is 7.58. The first-order chi connectivity index (χ1) is 11.3. The Morgan fingerprint density at radius 2 is 1.92 bits per heavy atom. The van der Waals surface area contributed by atoms with Crippen LogP contribution >= 0.6 is 11.8 Å². The van der Waals surface area contributed by atoms with Crippen LogP contribution in [0.2, 0.25) is 0 Å². The van der Waals surface area contributed by atoms with E-state index in [1.165, 1.54) is 10.6 Å². The summed E-state index contributed by atoms with van der Waals surface area (Å²) >= 11 is 1.63. The van der Waals surface area contributed by atoms with Crippen LogP contribution in [0.1, 0.15) is 24.5 Å². The number of amides is 1. The van der Waals surface area contributed by atoms with E-state index in [0.717, 1.165) is 10.5 Å². The standard InChI is InChI=1S/C16H24N2O4S2/c1-23-14-5-3-12(4-6-14)15(19)11-17-16(20)13-7-9-18(10-8-13)24(2,21)22/h3-6,13,15,19H,7-11H2,1-2H3,(H,17,20)/t15-/m0/s1. The summed E-state index contributed by atoms with van der Waals surface area (Å²) in [7, 11) is -3.18. The van der Waals surface area contributed by atoms with E-state index in [0.29, 0.717) is 25.9 Å². The molecule has 8 heteroatoms. The van der Waals surface area contributed by atoms with Crippen molar-refractivity contribution in [3.63, 3.8) is 0 Å². The number of aliphatic hydroxyl groups excluding tert-OH is 1. The lowest BCUT2D eigenvalue weighted by Gasteiger charge is -2.29. The largest absolute Gasteiger partial charge is 0.387 e. The number of hydrogen-bond donors (Lipinski definition) is 2. The fraction of sp³-hybridized carbons (Fsp3) is 0.562. The SMILES string of the molecule is CSc1ccc([C@@H](O)CNC(=O)C2CCN(S(C)(=O)=O)CC2)cc1. The van der Waals surface area contributed by atoms with Gasteiger partial charge in [0.05, 0.1) is 12.4 Å². The lowest BCUT2D eigenvalue weighted by molar-refractivity contribution is -0.126. The second-order valence-electron chi connectivity index (χ2n) is 5.97. The molecule has 1 amide bonds. The minimum Gasteiger partial charge on any atom is -0.387 e. The van der Waals surface area contributed by atoms with E-state index in [-0.39, 0.29) is 18.4 Å². The van der Waals surface area contributed by atoms with E-state index in [2.05, 4.69) is 5.32 Å². The molecule has 1 atom stereocenters. The van der Waals surface area contributed by atoms with Gasteiger partial charge in [-0.2, -0.15) is 0 Å². The molecular formula is C16H24N2O4S2. The molecule has 2 N–H and O–H groups in total. The predicted octanol–water partition coefficient (Wildman–Crippen LogP) is 1.23. The van der Waals surface area contributed by atoms with Gasteiger partial charge in [-0.05, 0) is 36.8 Å². The molecule has 24 heavy (non-hydrogen) atoms. The zero-order chi connectivity index (χ0) is 17.7. The first-order valence-corrected chi connectivity index (χ1v) is 10.9. The number of sulfonamides is 1. The zero-order valence-corrected chi connectivity index (χ0v) is 15.6. The normalized spacial score (nSPS) is 18.3. The Labute approximate surface area is 147 Å². The van der Waals surface area contributed by atoms with Crippen LogP contribution in [-0.2, 0) is 14.8 Å². The van der Waals surface area contributed by atoms with Crippen LogP contribution in [0.3, 0.4) is 0 Å². The molecule has 0 unspecified atom stereocenters. The number of nitrogens with zero attached hydrogens (tertiary/aromatic N) is 1. The van der Waals surface area contributed by atoms with Crippen molar-refractivity contribution in [2.75, 3.05) is 32.1 Å². The number of hydrogen-bond acceptors (Lipinski definition) is 5. The third kappa shape index (κ3) is 5.20. The summed E-state index contributed by atoms with van der Waals surface area (Å²) in [6.45, 7) is 0.898. The van der Waals surface area contributed by atoms with E-state index in [9.17, 15) is 18.3 Å². The monoisotopic (exact) mass is 372 g/mol. The average molecular weight is 373 g/mol. The fourth-order valence-electron chi connectivity index (χ4n) is 2.74. The van der Waals surface area contributed by atoms with Crippen molar-refractivity contribution in [1.29, 1.82) is 0 Å². The van der Waals surface area contributed by atoms with Gasteiger partial charge in [-0.1, -0.05) is 12.1 Å². The Morgan fingerprint density at radius 3 is 2.42 bits per heavy atom. The highest BCUT2D eigenvalue weighted by Gasteiger charge is 2.29. The summed E-state index contributed by atoms with van der Waals surface area (Å²) in [4.78, 5) is 13.3. The minimum atomic E-state index is -3.18. The molecule has 134 valence electrons. The maximum absolute atomic E-state index is 12.2. The number of piperidine rings is 1. The van der Waals surface area contributed by atoms with Crippen LogP contribution in [0, 0.1) is 5.92 Å². The van der Waals surface area contributed by atoms with Gasteiger partial charge in [-0.3, -0.25) is 4.79 Å². The quantitative estimate of drug-likeness (QED) is 0.734. The van der Waals surface area contributed by atoms with Crippen LogP contribution in [0.5, 0.6) is 0 Å². The lowest BCUT2D eigenvalue weighted by Crippen LogP contribution is -2.43. The van der Waals surface area contributed by atoms with Crippen LogP contribution < -0.4 is 5.32 Å². The van der Waals surface area contributed by atoms with Gasteiger partial charge >= 0.3 is 0 Å². The van der Waals surface area contributed by atoms with E-state index in [1.807, 2.05) is 30.5 Å². The fourth-order valence-corrected chi connectivity index (χ4v) is 4.02. The average Bonchev–Trinajstić information content (AvgIpc) is 2.58. The molecule has 0 spiro atoms. The van der Waals surface area contributed by atoms with Gasteiger partial charge < -0.3 is 10.4 Å². The zero-order valence-electron chi connectivity index (χ0n) is 13.9. The Bertz CT molecular complexity index is 653. The number of rotatable bonds is 6. The molecule has 1 aliphatic heterocycles. The summed E-state index contributed by atoms with van der Waals surface area (Å²) in [5.74, 6) is -0.322. The molecule has 6 nitrogen and oxygen atoms in total. The second-order valence-corrected chi connectivity index (χ2v) is 8.83. The van der Waals surface area contributed by atoms with Crippen molar-refractivity contribution in [3.05, 3.63) is 29.8 Å². The van der Waals surface area contributed by atoms with Gasteiger partial charge in [0.15, 0.2) is 0 Å². The summed E-state index contributed by atoms with van der Waals surface area (Å²) in [5, 5.41) is 12.9. The highest BCUT2D eigenvalue weighted by molar-refractivity contribution is 7.98. The first kappa shape index (κ1) is 19.2. The van der Waals surface area contributed by atoms with Crippen molar-refractivity contribution >= 4 is 27.7 Å². The molecule has 1 aromatic rings. The highest BCUT2D eigenvalue weighted by atomic mass is 32.2. The Balaban J connectivity index is 1.80. The molecular weight excluding hydrogens is 348 g/mol. The van der Waals surface area contributed by atoms with Crippen molar-refractivity contribution in [1.82, 2.24) is 9.62 Å².